The number of rotatable bonds is 2. The summed E-state index contributed by atoms with van der Waals surface area (Å²) in [5.41, 5.74) is -2.47. The van der Waals surface area contributed by atoms with Crippen molar-refractivity contribution in [1.29, 1.82) is 0 Å². The van der Waals surface area contributed by atoms with E-state index < -0.39 is 41.6 Å². The van der Waals surface area contributed by atoms with E-state index in [1.54, 1.807) is 20.8 Å². The molecule has 1 aromatic rings. The first kappa shape index (κ1) is 19.7. The SMILES string of the molecule is CC(C)(C)OC(=O)Nc1ccc(B2OC(C)(C)C(C)(C)O2)c(F)c1F. The summed E-state index contributed by atoms with van der Waals surface area (Å²) in [6.07, 6.45) is -0.866. The van der Waals surface area contributed by atoms with Gasteiger partial charge in [0.05, 0.1) is 16.9 Å². The maximum absolute atomic E-state index is 14.5. The molecule has 0 aliphatic carbocycles. The number of halogens is 2. The molecule has 0 spiro atoms. The Bertz CT molecular complexity index is 670. The fraction of sp³-hybridized carbons (Fsp3) is 0.588. The Labute approximate surface area is 147 Å². The van der Waals surface area contributed by atoms with Gasteiger partial charge < -0.3 is 14.0 Å². The summed E-state index contributed by atoms with van der Waals surface area (Å²) in [5, 5.41) is 2.20. The Morgan fingerprint density at radius 3 is 2.08 bits per heavy atom. The van der Waals surface area contributed by atoms with Crippen molar-refractivity contribution in [2.75, 3.05) is 5.32 Å². The van der Waals surface area contributed by atoms with Gasteiger partial charge in [-0.05, 0) is 54.5 Å². The van der Waals surface area contributed by atoms with Crippen LogP contribution in [0.2, 0.25) is 0 Å². The number of benzene rings is 1. The van der Waals surface area contributed by atoms with Gasteiger partial charge >= 0.3 is 13.2 Å². The Morgan fingerprint density at radius 1 is 1.08 bits per heavy atom. The standard InChI is InChI=1S/C17H24BF2NO4/c1-15(2,3)23-14(22)21-11-9-8-10(12(19)13(11)20)18-24-16(4,5)17(6,7)25-18/h8-9H,1-7H3,(H,21,22). The predicted octanol–water partition coefficient (Wildman–Crippen LogP) is 3.61. The van der Waals surface area contributed by atoms with E-state index in [2.05, 4.69) is 5.32 Å². The van der Waals surface area contributed by atoms with Gasteiger partial charge in [-0.25, -0.2) is 13.6 Å². The van der Waals surface area contributed by atoms with E-state index in [0.717, 1.165) is 0 Å². The maximum Gasteiger partial charge on any atom is 0.497 e. The largest absolute Gasteiger partial charge is 0.497 e. The predicted molar refractivity (Wildman–Crippen MR) is 91.9 cm³/mol. The van der Waals surface area contributed by atoms with Crippen LogP contribution in [0.1, 0.15) is 48.5 Å². The van der Waals surface area contributed by atoms with Crippen LogP contribution in [0.25, 0.3) is 0 Å². The number of nitrogens with one attached hydrogen (secondary N) is 1. The molecule has 1 aromatic carbocycles. The van der Waals surface area contributed by atoms with Crippen molar-refractivity contribution in [1.82, 2.24) is 0 Å². The average molecular weight is 355 g/mol. The molecule has 0 atom stereocenters. The first-order valence-corrected chi connectivity index (χ1v) is 8.07. The minimum atomic E-state index is -1.20. The molecule has 0 aromatic heterocycles. The van der Waals surface area contributed by atoms with Crippen LogP contribution in [-0.4, -0.2) is 30.0 Å². The van der Waals surface area contributed by atoms with Crippen molar-refractivity contribution < 1.29 is 27.6 Å². The number of anilines is 1. The van der Waals surface area contributed by atoms with Gasteiger partial charge in [0.1, 0.15) is 5.60 Å². The highest BCUT2D eigenvalue weighted by molar-refractivity contribution is 6.62. The van der Waals surface area contributed by atoms with Crippen LogP contribution < -0.4 is 10.8 Å². The van der Waals surface area contributed by atoms with Gasteiger partial charge in [-0.3, -0.25) is 5.32 Å². The summed E-state index contributed by atoms with van der Waals surface area (Å²) in [5.74, 6) is -2.33. The molecule has 25 heavy (non-hydrogen) atoms. The molecule has 2 rings (SSSR count). The van der Waals surface area contributed by atoms with E-state index in [1.807, 2.05) is 27.7 Å². The lowest BCUT2D eigenvalue weighted by Gasteiger charge is -2.32. The van der Waals surface area contributed by atoms with Crippen LogP contribution in [0.3, 0.4) is 0 Å². The molecule has 1 fully saturated rings. The van der Waals surface area contributed by atoms with E-state index in [1.165, 1.54) is 12.1 Å². The van der Waals surface area contributed by atoms with E-state index >= 15 is 0 Å². The molecular weight excluding hydrogens is 331 g/mol. The van der Waals surface area contributed by atoms with Crippen molar-refractivity contribution in [3.63, 3.8) is 0 Å². The molecule has 1 amide bonds. The zero-order valence-electron chi connectivity index (χ0n) is 15.6. The lowest BCUT2D eigenvalue weighted by Crippen LogP contribution is -2.41. The second-order valence-electron chi connectivity index (χ2n) is 8.05. The van der Waals surface area contributed by atoms with Crippen LogP contribution in [-0.2, 0) is 14.0 Å². The highest BCUT2D eigenvalue weighted by Gasteiger charge is 2.52. The van der Waals surface area contributed by atoms with Gasteiger partial charge in [-0.2, -0.15) is 0 Å². The first-order valence-electron chi connectivity index (χ1n) is 8.07. The van der Waals surface area contributed by atoms with Crippen LogP contribution in [0.5, 0.6) is 0 Å². The number of carbonyl (C=O) groups excluding carboxylic acids is 1. The Kier molecular flexibility index (Phi) is 4.91. The summed E-state index contributed by atoms with van der Waals surface area (Å²) in [4.78, 5) is 11.7. The zero-order chi connectivity index (χ0) is 19.2. The van der Waals surface area contributed by atoms with Gasteiger partial charge in [0.15, 0.2) is 11.6 Å². The molecule has 0 bridgehead atoms. The molecule has 0 radical (unpaired) electrons. The van der Waals surface area contributed by atoms with Crippen molar-refractivity contribution >= 4 is 24.4 Å². The van der Waals surface area contributed by atoms with E-state index in [4.69, 9.17) is 14.0 Å². The molecule has 1 aliphatic heterocycles. The van der Waals surface area contributed by atoms with Crippen molar-refractivity contribution in [2.45, 2.75) is 65.3 Å². The minimum absolute atomic E-state index is 0.0640. The van der Waals surface area contributed by atoms with E-state index in [-0.39, 0.29) is 11.2 Å². The van der Waals surface area contributed by atoms with Crippen molar-refractivity contribution in [2.24, 2.45) is 0 Å². The van der Waals surface area contributed by atoms with Crippen LogP contribution in [0, 0.1) is 11.6 Å². The summed E-state index contributed by atoms with van der Waals surface area (Å²) in [7, 11) is -1.03. The number of ether oxygens (including phenoxy) is 1. The second-order valence-corrected chi connectivity index (χ2v) is 8.05. The Morgan fingerprint density at radius 2 is 1.60 bits per heavy atom. The van der Waals surface area contributed by atoms with Gasteiger partial charge in [-0.15, -0.1) is 0 Å². The van der Waals surface area contributed by atoms with Gasteiger partial charge in [0.25, 0.3) is 0 Å². The molecule has 0 saturated carbocycles. The minimum Gasteiger partial charge on any atom is -0.444 e. The fourth-order valence-corrected chi connectivity index (χ4v) is 2.23. The third-order valence-corrected chi connectivity index (χ3v) is 4.25. The van der Waals surface area contributed by atoms with Gasteiger partial charge in [0.2, 0.25) is 0 Å². The van der Waals surface area contributed by atoms with Crippen LogP contribution in [0.15, 0.2) is 12.1 Å². The molecule has 0 unspecified atom stereocenters. The fourth-order valence-electron chi connectivity index (χ4n) is 2.23. The number of amides is 1. The molecule has 1 N–H and O–H groups in total. The maximum atomic E-state index is 14.5. The summed E-state index contributed by atoms with van der Waals surface area (Å²) in [6.45, 7) is 12.3. The highest BCUT2D eigenvalue weighted by atomic mass is 19.2. The van der Waals surface area contributed by atoms with E-state index in [9.17, 15) is 13.6 Å². The average Bonchev–Trinajstić information content (AvgIpc) is 2.61. The molecule has 5 nitrogen and oxygen atoms in total. The van der Waals surface area contributed by atoms with E-state index in [0.29, 0.717) is 0 Å². The highest BCUT2D eigenvalue weighted by Crippen LogP contribution is 2.37. The lowest BCUT2D eigenvalue weighted by atomic mass is 9.78. The third kappa shape index (κ3) is 4.12. The number of hydrogen-bond acceptors (Lipinski definition) is 4. The molecule has 1 heterocycles. The third-order valence-electron chi connectivity index (χ3n) is 4.25. The summed E-state index contributed by atoms with van der Waals surface area (Å²) >= 11 is 0. The van der Waals surface area contributed by atoms with Crippen molar-refractivity contribution in [3.8, 4) is 0 Å². The molecule has 8 heteroatoms. The number of hydrogen-bond donors (Lipinski definition) is 1. The Balaban J connectivity index is 2.23. The van der Waals surface area contributed by atoms with Gasteiger partial charge in [0, 0.05) is 5.46 Å². The topological polar surface area (TPSA) is 56.8 Å². The second kappa shape index (κ2) is 6.25. The van der Waals surface area contributed by atoms with Crippen LogP contribution in [0.4, 0.5) is 19.3 Å². The molecule has 1 aliphatic rings. The molecular formula is C17H24BF2NO4. The molecule has 138 valence electrons. The lowest BCUT2D eigenvalue weighted by molar-refractivity contribution is 0.00578. The normalized spacial score (nSPS) is 19.0. The van der Waals surface area contributed by atoms with Gasteiger partial charge in [-0.1, -0.05) is 6.07 Å². The quantitative estimate of drug-likeness (QED) is 0.824. The van der Waals surface area contributed by atoms with Crippen molar-refractivity contribution in [3.05, 3.63) is 23.8 Å². The molecule has 1 saturated heterocycles. The summed E-state index contributed by atoms with van der Waals surface area (Å²) in [6, 6.07) is 2.58. The Hall–Kier alpha value is -1.67. The number of carbonyl (C=O) groups is 1. The summed E-state index contributed by atoms with van der Waals surface area (Å²) < 4.78 is 45.3. The first-order chi connectivity index (χ1) is 11.2. The zero-order valence-corrected chi connectivity index (χ0v) is 15.6. The smallest absolute Gasteiger partial charge is 0.444 e. The monoisotopic (exact) mass is 355 g/mol. The van der Waals surface area contributed by atoms with Crippen LogP contribution >= 0.6 is 0 Å².